The molecule has 0 saturated heterocycles. The van der Waals surface area contributed by atoms with Crippen molar-refractivity contribution >= 4 is 23.0 Å². The fourth-order valence-electron chi connectivity index (χ4n) is 2.21. The average Bonchev–Trinajstić information content (AvgIpc) is 2.54. The molecule has 0 aliphatic rings. The summed E-state index contributed by atoms with van der Waals surface area (Å²) in [4.78, 5) is 0. The molecule has 3 N–H and O–H groups in total. The van der Waals surface area contributed by atoms with Crippen molar-refractivity contribution in [3.63, 3.8) is 0 Å². The Morgan fingerprint density at radius 3 is 1.78 bits per heavy atom. The van der Waals surface area contributed by atoms with Crippen LogP contribution in [0.25, 0.3) is 0 Å². The van der Waals surface area contributed by atoms with Gasteiger partial charge in [0.05, 0.1) is 16.8 Å². The smallest absolute Gasteiger partial charge is 0.375 e. The van der Waals surface area contributed by atoms with E-state index in [0.29, 0.717) is 12.1 Å². The molecule has 0 amide bonds. The van der Waals surface area contributed by atoms with Gasteiger partial charge in [-0.15, -0.1) is 0 Å². The Hall–Kier alpha value is -2.62. The van der Waals surface area contributed by atoms with E-state index in [0.717, 1.165) is 5.56 Å². The van der Waals surface area contributed by atoms with E-state index in [1.165, 1.54) is 12.1 Å². The first-order chi connectivity index (χ1) is 12.4. The van der Waals surface area contributed by atoms with Crippen molar-refractivity contribution in [1.82, 2.24) is 5.43 Å². The molecule has 0 heterocycles. The minimum absolute atomic E-state index is 0.0528. The maximum absolute atomic E-state index is 13.1. The van der Waals surface area contributed by atoms with Crippen molar-refractivity contribution in [3.05, 3.63) is 70.3 Å². The highest BCUT2D eigenvalue weighted by atomic mass is 32.1. The predicted molar refractivity (Wildman–Crippen MR) is 93.2 cm³/mol. The van der Waals surface area contributed by atoms with Crippen LogP contribution >= 0.6 is 12.2 Å². The number of thiocarbonyl (C=S) groups is 1. The predicted octanol–water partition coefficient (Wildman–Crippen LogP) is 4.62. The topological polar surface area (TPSA) is 50.4 Å². The lowest BCUT2D eigenvalue weighted by atomic mass is 9.97. The van der Waals surface area contributed by atoms with E-state index in [1.54, 1.807) is 19.1 Å². The number of aryl methyl sites for hydroxylation is 1. The van der Waals surface area contributed by atoms with E-state index < -0.39 is 23.5 Å². The molecule has 2 aromatic carbocycles. The van der Waals surface area contributed by atoms with Gasteiger partial charge in [0, 0.05) is 11.1 Å². The molecule has 0 bridgehead atoms. The van der Waals surface area contributed by atoms with Crippen LogP contribution in [0.4, 0.5) is 26.3 Å². The van der Waals surface area contributed by atoms with E-state index in [2.05, 4.69) is 22.7 Å². The van der Waals surface area contributed by atoms with E-state index >= 15 is 0 Å². The fraction of sp³-hybridized carbons (Fsp3) is 0.176. The van der Waals surface area contributed by atoms with Gasteiger partial charge in [-0.05, 0) is 37.3 Å². The number of hydrogen-bond acceptors (Lipinski definition) is 2. The van der Waals surface area contributed by atoms with Crippen LogP contribution < -0.4 is 11.2 Å². The quantitative estimate of drug-likeness (QED) is 0.339. The van der Waals surface area contributed by atoms with Crippen LogP contribution in [0, 0.1) is 6.92 Å². The summed E-state index contributed by atoms with van der Waals surface area (Å²) in [5, 5.41) is 3.52. The van der Waals surface area contributed by atoms with Gasteiger partial charge in [-0.3, -0.25) is 5.43 Å². The normalized spacial score (nSPS) is 12.8. The Morgan fingerprint density at radius 1 is 0.889 bits per heavy atom. The fourth-order valence-corrected chi connectivity index (χ4v) is 2.26. The van der Waals surface area contributed by atoms with Gasteiger partial charge in [0.2, 0.25) is 0 Å². The van der Waals surface area contributed by atoms with Gasteiger partial charge >= 0.3 is 12.4 Å². The molecule has 0 atom stereocenters. The molecular formula is C17H13F6N3S. The zero-order valence-corrected chi connectivity index (χ0v) is 14.6. The number of nitrogens with one attached hydrogen (secondary N) is 1. The molecule has 144 valence electrons. The van der Waals surface area contributed by atoms with Crippen LogP contribution in [0.2, 0.25) is 0 Å². The summed E-state index contributed by atoms with van der Waals surface area (Å²) in [5.41, 5.74) is 5.18. The number of hydrazone groups is 1. The molecule has 2 aromatic rings. The zero-order chi connectivity index (χ0) is 20.4. The number of alkyl halides is 6. The summed E-state index contributed by atoms with van der Waals surface area (Å²) in [5.74, 6) is 0. The minimum Gasteiger partial charge on any atom is -0.375 e. The van der Waals surface area contributed by atoms with Crippen molar-refractivity contribution in [1.29, 1.82) is 0 Å². The number of hydrogen-bond donors (Lipinski definition) is 2. The average molecular weight is 405 g/mol. The second-order valence-corrected chi connectivity index (χ2v) is 6.04. The third-order valence-electron chi connectivity index (χ3n) is 3.46. The molecule has 0 aromatic heterocycles. The summed E-state index contributed by atoms with van der Waals surface area (Å²) in [7, 11) is 0. The molecule has 0 fully saturated rings. The Morgan fingerprint density at radius 2 is 1.37 bits per heavy atom. The SMILES string of the molecule is Cc1ccc(/C(=N/NC(N)=S)c2cc(C(F)(F)F)cc(C(F)(F)F)c2)cc1. The molecule has 0 saturated carbocycles. The lowest BCUT2D eigenvalue weighted by Crippen LogP contribution is -2.26. The van der Waals surface area contributed by atoms with Crippen molar-refractivity contribution in [2.24, 2.45) is 10.8 Å². The number of rotatable bonds is 3. The summed E-state index contributed by atoms with van der Waals surface area (Å²) in [6.07, 6.45) is -9.93. The molecule has 2 rings (SSSR count). The molecule has 3 nitrogen and oxygen atoms in total. The maximum Gasteiger partial charge on any atom is 0.416 e. The molecule has 27 heavy (non-hydrogen) atoms. The number of halogens is 6. The second-order valence-electron chi connectivity index (χ2n) is 5.60. The number of benzene rings is 2. The standard InChI is InChI=1S/C17H13F6N3S/c1-9-2-4-10(5-3-9)14(25-26-15(24)27)11-6-12(16(18,19)20)8-13(7-11)17(21,22)23/h2-8H,1H3,(H3,24,26,27)/b25-14-. The monoisotopic (exact) mass is 405 g/mol. The van der Waals surface area contributed by atoms with Gasteiger partial charge in [-0.1, -0.05) is 29.8 Å². The largest absolute Gasteiger partial charge is 0.416 e. The Labute approximate surface area is 155 Å². The Bertz CT molecular complexity index is 837. The first kappa shape index (κ1) is 20.7. The highest BCUT2D eigenvalue weighted by Crippen LogP contribution is 2.36. The number of nitrogens with zero attached hydrogens (tertiary/aromatic N) is 1. The van der Waals surface area contributed by atoms with Gasteiger partial charge < -0.3 is 5.73 Å². The van der Waals surface area contributed by atoms with Gasteiger partial charge in [-0.25, -0.2) is 0 Å². The molecule has 0 spiro atoms. The molecule has 0 aliphatic carbocycles. The van der Waals surface area contributed by atoms with E-state index in [1.807, 2.05) is 0 Å². The summed E-state index contributed by atoms with van der Waals surface area (Å²) < 4.78 is 78.6. The summed E-state index contributed by atoms with van der Waals surface area (Å²) >= 11 is 4.60. The van der Waals surface area contributed by atoms with Crippen molar-refractivity contribution in [3.8, 4) is 0 Å². The third-order valence-corrected chi connectivity index (χ3v) is 3.56. The van der Waals surface area contributed by atoms with E-state index in [-0.39, 0.29) is 28.0 Å². The molecule has 0 radical (unpaired) electrons. The van der Waals surface area contributed by atoms with Crippen LogP contribution in [-0.2, 0) is 12.4 Å². The van der Waals surface area contributed by atoms with Crippen LogP contribution in [-0.4, -0.2) is 10.8 Å². The molecule has 0 unspecified atom stereocenters. The van der Waals surface area contributed by atoms with Gasteiger partial charge in [0.1, 0.15) is 0 Å². The first-order valence-corrected chi connectivity index (χ1v) is 7.79. The lowest BCUT2D eigenvalue weighted by Gasteiger charge is -2.16. The summed E-state index contributed by atoms with van der Waals surface area (Å²) in [6, 6.07) is 7.56. The van der Waals surface area contributed by atoms with Crippen molar-refractivity contribution in [2.75, 3.05) is 0 Å². The van der Waals surface area contributed by atoms with E-state index in [9.17, 15) is 26.3 Å². The van der Waals surface area contributed by atoms with Gasteiger partial charge in [-0.2, -0.15) is 31.4 Å². The first-order valence-electron chi connectivity index (χ1n) is 7.38. The summed E-state index contributed by atoms with van der Waals surface area (Å²) in [6.45, 7) is 1.78. The van der Waals surface area contributed by atoms with Crippen LogP contribution in [0.5, 0.6) is 0 Å². The zero-order valence-electron chi connectivity index (χ0n) is 13.7. The third kappa shape index (κ3) is 5.43. The van der Waals surface area contributed by atoms with Crippen LogP contribution in [0.15, 0.2) is 47.6 Å². The molecular weight excluding hydrogens is 392 g/mol. The van der Waals surface area contributed by atoms with Crippen LogP contribution in [0.1, 0.15) is 27.8 Å². The van der Waals surface area contributed by atoms with E-state index in [4.69, 9.17) is 5.73 Å². The maximum atomic E-state index is 13.1. The second kappa shape index (κ2) is 7.55. The van der Waals surface area contributed by atoms with Gasteiger partial charge in [0.15, 0.2) is 5.11 Å². The number of nitrogens with two attached hydrogens (primary N) is 1. The Balaban J connectivity index is 2.72. The molecule has 10 heteroatoms. The Kier molecular flexibility index (Phi) is 5.79. The minimum atomic E-state index is -4.97. The van der Waals surface area contributed by atoms with Crippen molar-refractivity contribution < 1.29 is 26.3 Å². The van der Waals surface area contributed by atoms with Crippen molar-refractivity contribution in [2.45, 2.75) is 19.3 Å². The highest BCUT2D eigenvalue weighted by Gasteiger charge is 2.37. The van der Waals surface area contributed by atoms with Crippen LogP contribution in [0.3, 0.4) is 0 Å². The lowest BCUT2D eigenvalue weighted by molar-refractivity contribution is -0.143. The highest BCUT2D eigenvalue weighted by molar-refractivity contribution is 7.80. The molecule has 0 aliphatic heterocycles. The van der Waals surface area contributed by atoms with Gasteiger partial charge in [0.25, 0.3) is 0 Å².